The molecule has 0 radical (unpaired) electrons. The maximum atomic E-state index is 12.3. The smallest absolute Gasteiger partial charge is 0.274 e. The minimum absolute atomic E-state index is 0.160. The van der Waals surface area contributed by atoms with Crippen molar-refractivity contribution in [3.63, 3.8) is 0 Å². The summed E-state index contributed by atoms with van der Waals surface area (Å²) in [4.78, 5) is 20.4. The Bertz CT molecular complexity index is 915. The first-order chi connectivity index (χ1) is 11.5. The predicted octanol–water partition coefficient (Wildman–Crippen LogP) is 3.46. The zero-order chi connectivity index (χ0) is 17.1. The number of carbonyl (C=O) groups excluding carboxylic acids is 1. The number of phenolic OH excluding ortho intramolecular Hbond substituents is 2. The molecule has 0 saturated carbocycles. The normalized spacial score (nSPS) is 10.4. The summed E-state index contributed by atoms with van der Waals surface area (Å²) in [7, 11) is 0. The molecule has 0 unspecified atom stereocenters. The van der Waals surface area contributed by atoms with Crippen LogP contribution < -0.4 is 5.32 Å². The van der Waals surface area contributed by atoms with Gasteiger partial charge in [-0.2, -0.15) is 0 Å². The van der Waals surface area contributed by atoms with Crippen LogP contribution in [0.4, 0.5) is 5.69 Å². The summed E-state index contributed by atoms with van der Waals surface area (Å²) < 4.78 is 0. The summed E-state index contributed by atoms with van der Waals surface area (Å²) in [6, 6.07) is 12.6. The Labute approximate surface area is 142 Å². The van der Waals surface area contributed by atoms with Gasteiger partial charge in [0.2, 0.25) is 0 Å². The Hall–Kier alpha value is -3.12. The van der Waals surface area contributed by atoms with Crippen molar-refractivity contribution in [2.45, 2.75) is 0 Å². The highest BCUT2D eigenvalue weighted by atomic mass is 35.5. The second-order valence-electron chi connectivity index (χ2n) is 4.96. The molecule has 2 aromatic carbocycles. The Balaban J connectivity index is 1.85. The lowest BCUT2D eigenvalue weighted by atomic mass is 10.1. The summed E-state index contributed by atoms with van der Waals surface area (Å²) >= 11 is 5.97. The van der Waals surface area contributed by atoms with Gasteiger partial charge >= 0.3 is 0 Å². The Morgan fingerprint density at radius 1 is 1.00 bits per heavy atom. The van der Waals surface area contributed by atoms with Gasteiger partial charge in [0.1, 0.15) is 12.0 Å². The highest BCUT2D eigenvalue weighted by Gasteiger charge is 2.11. The Morgan fingerprint density at radius 2 is 1.83 bits per heavy atom. The molecule has 120 valence electrons. The fraction of sp³-hybridized carbons (Fsp3) is 0. The first kappa shape index (κ1) is 15.8. The third kappa shape index (κ3) is 3.44. The molecule has 3 aromatic rings. The zero-order valence-electron chi connectivity index (χ0n) is 12.3. The zero-order valence-corrected chi connectivity index (χ0v) is 13.0. The minimum Gasteiger partial charge on any atom is -0.504 e. The maximum Gasteiger partial charge on any atom is 0.274 e. The van der Waals surface area contributed by atoms with Gasteiger partial charge in [-0.05, 0) is 30.3 Å². The standard InChI is InChI=1S/C17H12ClN3O3/c18-11-3-1-2-10(6-11)13-8-14(20-9-19-13)17(24)21-12-4-5-15(22)16(23)7-12/h1-9,22-23H,(H,21,24). The second-order valence-corrected chi connectivity index (χ2v) is 5.39. The van der Waals surface area contributed by atoms with Crippen LogP contribution >= 0.6 is 11.6 Å². The van der Waals surface area contributed by atoms with Crippen LogP contribution in [0.25, 0.3) is 11.3 Å². The third-order valence-electron chi connectivity index (χ3n) is 3.25. The lowest BCUT2D eigenvalue weighted by Crippen LogP contribution is -2.14. The number of rotatable bonds is 3. The van der Waals surface area contributed by atoms with Crippen LogP contribution in [0, 0.1) is 0 Å². The van der Waals surface area contributed by atoms with Crippen LogP contribution in [0.2, 0.25) is 5.02 Å². The summed E-state index contributed by atoms with van der Waals surface area (Å²) in [6.07, 6.45) is 1.29. The highest BCUT2D eigenvalue weighted by molar-refractivity contribution is 6.30. The van der Waals surface area contributed by atoms with E-state index in [2.05, 4.69) is 15.3 Å². The van der Waals surface area contributed by atoms with E-state index in [1.807, 2.05) is 6.07 Å². The number of hydrogen-bond acceptors (Lipinski definition) is 5. The van der Waals surface area contributed by atoms with Crippen LogP contribution in [0.15, 0.2) is 54.9 Å². The van der Waals surface area contributed by atoms with Crippen molar-refractivity contribution in [2.75, 3.05) is 5.32 Å². The SMILES string of the molecule is O=C(Nc1ccc(O)c(O)c1)c1cc(-c2cccc(Cl)c2)ncn1. The van der Waals surface area contributed by atoms with E-state index in [0.717, 1.165) is 5.56 Å². The van der Waals surface area contributed by atoms with Crippen molar-refractivity contribution in [1.29, 1.82) is 0 Å². The van der Waals surface area contributed by atoms with Crippen molar-refractivity contribution in [1.82, 2.24) is 9.97 Å². The lowest BCUT2D eigenvalue weighted by molar-refractivity contribution is 0.102. The number of phenols is 2. The molecular weight excluding hydrogens is 330 g/mol. The lowest BCUT2D eigenvalue weighted by Gasteiger charge is -2.07. The quantitative estimate of drug-likeness (QED) is 0.501. The van der Waals surface area contributed by atoms with E-state index in [0.29, 0.717) is 16.4 Å². The molecule has 0 spiro atoms. The van der Waals surface area contributed by atoms with Crippen molar-refractivity contribution in [3.8, 4) is 22.8 Å². The van der Waals surface area contributed by atoms with Crippen molar-refractivity contribution in [2.24, 2.45) is 0 Å². The van der Waals surface area contributed by atoms with Crippen molar-refractivity contribution in [3.05, 3.63) is 65.6 Å². The van der Waals surface area contributed by atoms with E-state index in [1.54, 1.807) is 24.3 Å². The molecule has 1 aromatic heterocycles. The Kier molecular flexibility index (Phi) is 4.31. The summed E-state index contributed by atoms with van der Waals surface area (Å²) in [5.74, 6) is -1.06. The molecule has 1 amide bonds. The number of carbonyl (C=O) groups is 1. The van der Waals surface area contributed by atoms with Gasteiger partial charge < -0.3 is 15.5 Å². The molecule has 6 nitrogen and oxygen atoms in total. The van der Waals surface area contributed by atoms with E-state index < -0.39 is 5.91 Å². The topological polar surface area (TPSA) is 95.3 Å². The average molecular weight is 342 g/mol. The van der Waals surface area contributed by atoms with Gasteiger partial charge in [0.15, 0.2) is 11.5 Å². The maximum absolute atomic E-state index is 12.3. The van der Waals surface area contributed by atoms with Crippen LogP contribution in [0.1, 0.15) is 10.5 Å². The fourth-order valence-electron chi connectivity index (χ4n) is 2.08. The monoisotopic (exact) mass is 341 g/mol. The van der Waals surface area contributed by atoms with E-state index in [1.165, 1.54) is 24.5 Å². The van der Waals surface area contributed by atoms with Gasteiger partial charge in [0, 0.05) is 22.3 Å². The van der Waals surface area contributed by atoms with Gasteiger partial charge in [0.25, 0.3) is 5.91 Å². The average Bonchev–Trinajstić information content (AvgIpc) is 2.58. The van der Waals surface area contributed by atoms with E-state index in [4.69, 9.17) is 11.6 Å². The third-order valence-corrected chi connectivity index (χ3v) is 3.49. The number of nitrogens with one attached hydrogen (secondary N) is 1. The molecule has 0 saturated heterocycles. The van der Waals surface area contributed by atoms with Crippen LogP contribution in [-0.4, -0.2) is 26.1 Å². The van der Waals surface area contributed by atoms with Gasteiger partial charge in [-0.1, -0.05) is 23.7 Å². The molecule has 3 rings (SSSR count). The molecule has 0 aliphatic carbocycles. The van der Waals surface area contributed by atoms with Gasteiger partial charge in [-0.3, -0.25) is 4.79 Å². The number of nitrogens with zero attached hydrogens (tertiary/aromatic N) is 2. The molecule has 24 heavy (non-hydrogen) atoms. The number of amides is 1. The summed E-state index contributed by atoms with van der Waals surface area (Å²) in [5.41, 5.74) is 1.82. The van der Waals surface area contributed by atoms with Gasteiger partial charge in [-0.25, -0.2) is 9.97 Å². The fourth-order valence-corrected chi connectivity index (χ4v) is 2.27. The number of aromatic hydroxyl groups is 2. The molecule has 0 aliphatic heterocycles. The largest absolute Gasteiger partial charge is 0.504 e. The summed E-state index contributed by atoms with van der Waals surface area (Å²) in [6.45, 7) is 0. The molecule has 0 aliphatic rings. The Morgan fingerprint density at radius 3 is 2.58 bits per heavy atom. The van der Waals surface area contributed by atoms with Crippen molar-refractivity contribution < 1.29 is 15.0 Å². The van der Waals surface area contributed by atoms with Crippen molar-refractivity contribution >= 4 is 23.2 Å². The molecule has 0 atom stereocenters. The molecule has 3 N–H and O–H groups in total. The minimum atomic E-state index is -0.467. The van der Waals surface area contributed by atoms with Gasteiger partial charge in [-0.15, -0.1) is 0 Å². The number of anilines is 1. The summed E-state index contributed by atoms with van der Waals surface area (Å²) in [5, 5.41) is 21.9. The molecule has 1 heterocycles. The highest BCUT2D eigenvalue weighted by Crippen LogP contribution is 2.27. The molecule has 0 bridgehead atoms. The van der Waals surface area contributed by atoms with E-state index in [-0.39, 0.29) is 17.2 Å². The molecule has 0 fully saturated rings. The number of halogens is 1. The predicted molar refractivity (Wildman–Crippen MR) is 90.2 cm³/mol. The van der Waals surface area contributed by atoms with Crippen LogP contribution in [0.3, 0.4) is 0 Å². The van der Waals surface area contributed by atoms with E-state index in [9.17, 15) is 15.0 Å². The van der Waals surface area contributed by atoms with E-state index >= 15 is 0 Å². The first-order valence-corrected chi connectivity index (χ1v) is 7.32. The van der Waals surface area contributed by atoms with Crippen LogP contribution in [0.5, 0.6) is 11.5 Å². The number of hydrogen-bond donors (Lipinski definition) is 3. The molecular formula is C17H12ClN3O3. The first-order valence-electron chi connectivity index (χ1n) is 6.94. The van der Waals surface area contributed by atoms with Gasteiger partial charge in [0.05, 0.1) is 5.69 Å². The van der Waals surface area contributed by atoms with Crippen LogP contribution in [-0.2, 0) is 0 Å². The molecule has 7 heteroatoms. The number of aromatic nitrogens is 2. The second kappa shape index (κ2) is 6.55. The number of benzene rings is 2.